The zero-order chi connectivity index (χ0) is 14.8. The van der Waals surface area contributed by atoms with E-state index in [1.165, 1.54) is 5.56 Å². The highest BCUT2D eigenvalue weighted by molar-refractivity contribution is 6.12. The number of allylic oxidation sites excluding steroid dienone is 1. The molecular weight excluding hydrogens is 260 g/mol. The maximum Gasteiger partial charge on any atom is 0.146 e. The molecule has 1 aliphatic rings. The monoisotopic (exact) mass is 278 g/mol. The molecule has 0 saturated heterocycles. The quantitative estimate of drug-likeness (QED) is 0.905. The van der Waals surface area contributed by atoms with E-state index in [0.29, 0.717) is 0 Å². The van der Waals surface area contributed by atoms with Gasteiger partial charge in [0.05, 0.1) is 12.8 Å². The Morgan fingerprint density at radius 2 is 1.90 bits per heavy atom. The van der Waals surface area contributed by atoms with Crippen LogP contribution in [0.5, 0.6) is 0 Å². The number of rotatable bonds is 3. The second kappa shape index (κ2) is 5.44. The number of ether oxygens (including phenoxy) is 1. The van der Waals surface area contributed by atoms with E-state index in [-0.39, 0.29) is 0 Å². The van der Waals surface area contributed by atoms with Gasteiger partial charge in [0, 0.05) is 23.0 Å². The van der Waals surface area contributed by atoms with Crippen LogP contribution in [0.1, 0.15) is 22.5 Å². The van der Waals surface area contributed by atoms with E-state index in [1.807, 2.05) is 30.4 Å². The minimum atomic E-state index is 0.792. The van der Waals surface area contributed by atoms with Crippen molar-refractivity contribution in [1.82, 2.24) is 4.98 Å². The van der Waals surface area contributed by atoms with Crippen LogP contribution in [0.2, 0.25) is 0 Å². The third-order valence-corrected chi connectivity index (χ3v) is 3.52. The standard InChI is InChI=1S/C18H18N2O/c1-12-9-13(2)19-15(12)10-17-18(21-3)11-16(20-17)14-7-5-4-6-8-14/h4-11,19H,1-3H3/b17-10+. The van der Waals surface area contributed by atoms with Crippen LogP contribution in [0.15, 0.2) is 58.9 Å². The van der Waals surface area contributed by atoms with E-state index >= 15 is 0 Å². The molecule has 0 bridgehead atoms. The average Bonchev–Trinajstić information content (AvgIpc) is 3.04. The summed E-state index contributed by atoms with van der Waals surface area (Å²) in [6.45, 7) is 4.14. The van der Waals surface area contributed by atoms with Crippen molar-refractivity contribution in [2.75, 3.05) is 7.11 Å². The topological polar surface area (TPSA) is 37.4 Å². The molecule has 3 heteroatoms. The fraction of sp³-hybridized carbons (Fsp3) is 0.167. The normalized spacial score (nSPS) is 16.0. The molecule has 0 radical (unpaired) electrons. The molecule has 1 aromatic heterocycles. The summed E-state index contributed by atoms with van der Waals surface area (Å²) >= 11 is 0. The first kappa shape index (κ1) is 13.4. The molecule has 0 spiro atoms. The van der Waals surface area contributed by atoms with Crippen molar-refractivity contribution >= 4 is 11.8 Å². The number of methoxy groups -OCH3 is 1. The summed E-state index contributed by atoms with van der Waals surface area (Å²) in [7, 11) is 1.68. The van der Waals surface area contributed by atoms with Crippen LogP contribution < -0.4 is 0 Å². The summed E-state index contributed by atoms with van der Waals surface area (Å²) in [5.41, 5.74) is 6.30. The summed E-state index contributed by atoms with van der Waals surface area (Å²) < 4.78 is 5.46. The second-order valence-electron chi connectivity index (χ2n) is 5.15. The predicted molar refractivity (Wildman–Crippen MR) is 86.3 cm³/mol. The van der Waals surface area contributed by atoms with Gasteiger partial charge in [0.1, 0.15) is 11.5 Å². The van der Waals surface area contributed by atoms with Gasteiger partial charge in [-0.2, -0.15) is 0 Å². The predicted octanol–water partition coefficient (Wildman–Crippen LogP) is 4.01. The van der Waals surface area contributed by atoms with Crippen LogP contribution >= 0.6 is 0 Å². The molecule has 3 rings (SSSR count). The van der Waals surface area contributed by atoms with Crippen molar-refractivity contribution in [2.24, 2.45) is 4.99 Å². The van der Waals surface area contributed by atoms with Crippen LogP contribution in [0.4, 0.5) is 0 Å². The van der Waals surface area contributed by atoms with Crippen molar-refractivity contribution < 1.29 is 4.74 Å². The Morgan fingerprint density at radius 1 is 1.14 bits per heavy atom. The minimum absolute atomic E-state index is 0.792. The number of aromatic nitrogens is 1. The van der Waals surface area contributed by atoms with Gasteiger partial charge in [-0.25, -0.2) is 4.99 Å². The maximum atomic E-state index is 5.46. The van der Waals surface area contributed by atoms with E-state index in [1.54, 1.807) is 7.11 Å². The molecule has 1 aliphatic heterocycles. The van der Waals surface area contributed by atoms with E-state index in [9.17, 15) is 0 Å². The zero-order valence-corrected chi connectivity index (χ0v) is 12.5. The lowest BCUT2D eigenvalue weighted by Crippen LogP contribution is -1.92. The van der Waals surface area contributed by atoms with Gasteiger partial charge in [0.2, 0.25) is 0 Å². The van der Waals surface area contributed by atoms with Crippen LogP contribution in [0.25, 0.3) is 6.08 Å². The highest BCUT2D eigenvalue weighted by atomic mass is 16.5. The molecule has 1 aromatic carbocycles. The molecule has 21 heavy (non-hydrogen) atoms. The summed E-state index contributed by atoms with van der Waals surface area (Å²) in [4.78, 5) is 8.04. The molecule has 0 aliphatic carbocycles. The van der Waals surface area contributed by atoms with Gasteiger partial charge in [-0.05, 0) is 31.6 Å². The lowest BCUT2D eigenvalue weighted by Gasteiger charge is -2.01. The van der Waals surface area contributed by atoms with Crippen molar-refractivity contribution in [3.05, 3.63) is 76.4 Å². The molecular formula is C18H18N2O. The molecule has 0 unspecified atom stereocenters. The largest absolute Gasteiger partial charge is 0.494 e. The van der Waals surface area contributed by atoms with E-state index < -0.39 is 0 Å². The van der Waals surface area contributed by atoms with Crippen molar-refractivity contribution in [2.45, 2.75) is 13.8 Å². The highest BCUT2D eigenvalue weighted by Gasteiger charge is 2.16. The van der Waals surface area contributed by atoms with Gasteiger partial charge in [0.25, 0.3) is 0 Å². The summed E-state index contributed by atoms with van der Waals surface area (Å²) in [6.07, 6.45) is 4.01. The average molecular weight is 278 g/mol. The molecule has 1 N–H and O–H groups in total. The third kappa shape index (κ3) is 2.68. The summed E-state index contributed by atoms with van der Waals surface area (Å²) in [5, 5.41) is 0. The van der Waals surface area contributed by atoms with Crippen LogP contribution in [0, 0.1) is 13.8 Å². The van der Waals surface area contributed by atoms with Crippen molar-refractivity contribution in [3.8, 4) is 0 Å². The van der Waals surface area contributed by atoms with Gasteiger partial charge < -0.3 is 9.72 Å². The number of H-pyrrole nitrogens is 1. The number of aromatic amines is 1. The van der Waals surface area contributed by atoms with Gasteiger partial charge in [-0.15, -0.1) is 0 Å². The first-order chi connectivity index (χ1) is 10.2. The summed E-state index contributed by atoms with van der Waals surface area (Å²) in [6, 6.07) is 12.3. The Hall–Kier alpha value is -2.55. The van der Waals surface area contributed by atoms with Gasteiger partial charge >= 0.3 is 0 Å². The smallest absolute Gasteiger partial charge is 0.146 e. The van der Waals surface area contributed by atoms with E-state index in [4.69, 9.17) is 9.73 Å². The first-order valence-corrected chi connectivity index (χ1v) is 6.95. The number of aliphatic imine (C=N–C) groups is 1. The fourth-order valence-electron chi connectivity index (χ4n) is 2.48. The molecule has 2 aromatic rings. The minimum Gasteiger partial charge on any atom is -0.494 e. The Kier molecular flexibility index (Phi) is 3.48. The number of hydrogen-bond donors (Lipinski definition) is 1. The highest BCUT2D eigenvalue weighted by Crippen LogP contribution is 2.25. The van der Waals surface area contributed by atoms with Gasteiger partial charge in [-0.1, -0.05) is 30.3 Å². The number of hydrogen-bond acceptors (Lipinski definition) is 2. The Labute approximate surface area is 124 Å². The molecule has 106 valence electrons. The van der Waals surface area contributed by atoms with Gasteiger partial charge in [-0.3, -0.25) is 0 Å². The first-order valence-electron chi connectivity index (χ1n) is 6.95. The second-order valence-corrected chi connectivity index (χ2v) is 5.15. The van der Waals surface area contributed by atoms with Crippen molar-refractivity contribution in [3.63, 3.8) is 0 Å². The lowest BCUT2D eigenvalue weighted by molar-refractivity contribution is 0.303. The van der Waals surface area contributed by atoms with Crippen LogP contribution in [-0.4, -0.2) is 17.8 Å². The molecule has 0 saturated carbocycles. The molecule has 0 atom stereocenters. The Bertz CT molecular complexity index is 749. The Balaban J connectivity index is 2.01. The fourth-order valence-corrected chi connectivity index (χ4v) is 2.48. The molecule has 0 fully saturated rings. The number of aryl methyl sites for hydroxylation is 2. The van der Waals surface area contributed by atoms with Gasteiger partial charge in [0.15, 0.2) is 0 Å². The Morgan fingerprint density at radius 3 is 2.52 bits per heavy atom. The molecule has 0 amide bonds. The number of nitrogens with one attached hydrogen (secondary N) is 1. The maximum absolute atomic E-state index is 5.46. The van der Waals surface area contributed by atoms with E-state index in [2.05, 4.69) is 37.0 Å². The van der Waals surface area contributed by atoms with Crippen LogP contribution in [0.3, 0.4) is 0 Å². The molecule has 2 heterocycles. The zero-order valence-electron chi connectivity index (χ0n) is 12.5. The molecule has 3 nitrogen and oxygen atoms in total. The lowest BCUT2D eigenvalue weighted by atomic mass is 10.1. The van der Waals surface area contributed by atoms with Crippen molar-refractivity contribution in [1.29, 1.82) is 0 Å². The third-order valence-electron chi connectivity index (χ3n) is 3.52. The van der Waals surface area contributed by atoms with E-state index in [0.717, 1.165) is 34.1 Å². The number of nitrogens with zero attached hydrogens (tertiary/aromatic N) is 1. The number of benzene rings is 1. The summed E-state index contributed by atoms with van der Waals surface area (Å²) in [5.74, 6) is 0.792. The SMILES string of the molecule is COC1=CC(c2ccccc2)=N/C1=C/c1[nH]c(C)cc1C. The van der Waals surface area contributed by atoms with Crippen LogP contribution in [-0.2, 0) is 4.74 Å².